The fraction of sp³-hybridized carbons (Fsp3) is 0.0714. The van der Waals surface area contributed by atoms with Crippen LogP contribution in [0.4, 0.5) is 5.69 Å². The molecule has 6 nitrogen and oxygen atoms in total. The monoisotopic (exact) mass is 307 g/mol. The van der Waals surface area contributed by atoms with Crippen LogP contribution in [0.25, 0.3) is 11.1 Å². The van der Waals surface area contributed by atoms with E-state index in [9.17, 15) is 20.0 Å². The van der Waals surface area contributed by atoms with Gasteiger partial charge in [-0.05, 0) is 12.1 Å². The Morgan fingerprint density at radius 1 is 1.29 bits per heavy atom. The summed E-state index contributed by atoms with van der Waals surface area (Å²) in [7, 11) is 1.45. The number of rotatable bonds is 4. The highest BCUT2D eigenvalue weighted by Gasteiger charge is 2.22. The molecule has 0 spiro atoms. The molecule has 0 aromatic heterocycles. The largest absolute Gasteiger partial charge is 0.496 e. The topological polar surface area (TPSA) is 89.7 Å². The van der Waals surface area contributed by atoms with E-state index in [0.29, 0.717) is 11.3 Å². The van der Waals surface area contributed by atoms with E-state index in [1.54, 1.807) is 24.3 Å². The van der Waals surface area contributed by atoms with E-state index < -0.39 is 16.6 Å². The second kappa shape index (κ2) is 5.80. The molecule has 0 radical (unpaired) electrons. The Balaban J connectivity index is 2.76. The van der Waals surface area contributed by atoms with Gasteiger partial charge in [0.1, 0.15) is 10.8 Å². The standard InChI is InChI=1S/C14H10ClNO5/c1-21-13-5-3-2-4-8(13)9-6-11(15)12(16(19)20)7-10(9)14(17)18/h2-7H,1H3,(H,17,18). The van der Waals surface area contributed by atoms with Gasteiger partial charge in [0.15, 0.2) is 0 Å². The van der Waals surface area contributed by atoms with Gasteiger partial charge in [-0.15, -0.1) is 0 Å². The first kappa shape index (κ1) is 14.8. The van der Waals surface area contributed by atoms with Gasteiger partial charge < -0.3 is 9.84 Å². The highest BCUT2D eigenvalue weighted by molar-refractivity contribution is 6.33. The van der Waals surface area contributed by atoms with E-state index in [-0.39, 0.29) is 16.1 Å². The van der Waals surface area contributed by atoms with Gasteiger partial charge in [-0.1, -0.05) is 29.8 Å². The molecule has 0 aliphatic heterocycles. The van der Waals surface area contributed by atoms with Crippen LogP contribution in [0.3, 0.4) is 0 Å². The number of nitro groups is 1. The van der Waals surface area contributed by atoms with Crippen molar-refractivity contribution in [3.05, 3.63) is 57.1 Å². The summed E-state index contributed by atoms with van der Waals surface area (Å²) in [5, 5.41) is 20.0. The third-order valence-electron chi connectivity index (χ3n) is 2.91. The van der Waals surface area contributed by atoms with Crippen molar-refractivity contribution in [2.75, 3.05) is 7.11 Å². The minimum atomic E-state index is -1.28. The van der Waals surface area contributed by atoms with Crippen molar-refractivity contribution in [3.63, 3.8) is 0 Å². The van der Waals surface area contributed by atoms with Crippen LogP contribution in [0.5, 0.6) is 5.75 Å². The lowest BCUT2D eigenvalue weighted by Gasteiger charge is -2.11. The predicted octanol–water partition coefficient (Wildman–Crippen LogP) is 3.62. The molecule has 0 atom stereocenters. The number of benzene rings is 2. The highest BCUT2D eigenvalue weighted by atomic mass is 35.5. The Morgan fingerprint density at radius 2 is 1.95 bits per heavy atom. The number of para-hydroxylation sites is 1. The number of halogens is 1. The maximum atomic E-state index is 11.4. The number of nitro benzene ring substituents is 1. The van der Waals surface area contributed by atoms with E-state index in [1.807, 2.05) is 0 Å². The normalized spacial score (nSPS) is 10.2. The summed E-state index contributed by atoms with van der Waals surface area (Å²) in [6.45, 7) is 0. The van der Waals surface area contributed by atoms with Gasteiger partial charge in [-0.2, -0.15) is 0 Å². The summed E-state index contributed by atoms with van der Waals surface area (Å²) in [5.74, 6) is -0.833. The number of aromatic carboxylic acids is 1. The van der Waals surface area contributed by atoms with Crippen LogP contribution in [0.2, 0.25) is 5.02 Å². The number of hydrogen-bond acceptors (Lipinski definition) is 4. The third kappa shape index (κ3) is 2.80. The number of nitrogens with zero attached hydrogens (tertiary/aromatic N) is 1. The molecular weight excluding hydrogens is 298 g/mol. The zero-order chi connectivity index (χ0) is 15.6. The van der Waals surface area contributed by atoms with E-state index in [1.165, 1.54) is 13.2 Å². The van der Waals surface area contributed by atoms with E-state index in [0.717, 1.165) is 6.07 Å². The quantitative estimate of drug-likeness (QED) is 0.688. The minimum absolute atomic E-state index is 0.133. The average Bonchev–Trinajstić information content (AvgIpc) is 2.46. The van der Waals surface area contributed by atoms with Gasteiger partial charge in [0.25, 0.3) is 5.69 Å². The van der Waals surface area contributed by atoms with E-state index >= 15 is 0 Å². The molecule has 108 valence electrons. The van der Waals surface area contributed by atoms with Gasteiger partial charge in [0.05, 0.1) is 17.6 Å². The molecule has 0 aliphatic carbocycles. The summed E-state index contributed by atoms with van der Waals surface area (Å²) < 4.78 is 5.18. The molecular formula is C14H10ClNO5. The van der Waals surface area contributed by atoms with E-state index in [4.69, 9.17) is 16.3 Å². The van der Waals surface area contributed by atoms with Crippen LogP contribution in [0.15, 0.2) is 36.4 Å². The predicted molar refractivity (Wildman–Crippen MR) is 77.1 cm³/mol. The number of carbonyl (C=O) groups is 1. The van der Waals surface area contributed by atoms with Gasteiger partial charge in [-0.3, -0.25) is 10.1 Å². The minimum Gasteiger partial charge on any atom is -0.496 e. The van der Waals surface area contributed by atoms with Crippen LogP contribution in [0, 0.1) is 10.1 Å². The van der Waals surface area contributed by atoms with Gasteiger partial charge >= 0.3 is 5.97 Å². The van der Waals surface area contributed by atoms with Crippen LogP contribution < -0.4 is 4.74 Å². The second-order valence-corrected chi connectivity index (χ2v) is 4.52. The Labute approximate surface area is 124 Å². The number of hydrogen-bond donors (Lipinski definition) is 1. The average molecular weight is 308 g/mol. The zero-order valence-corrected chi connectivity index (χ0v) is 11.6. The zero-order valence-electron chi connectivity index (χ0n) is 10.9. The number of ether oxygens (including phenoxy) is 1. The van der Waals surface area contributed by atoms with Crippen LogP contribution >= 0.6 is 11.6 Å². The highest BCUT2D eigenvalue weighted by Crippen LogP contribution is 2.37. The van der Waals surface area contributed by atoms with Crippen molar-refractivity contribution < 1.29 is 19.6 Å². The molecule has 7 heteroatoms. The second-order valence-electron chi connectivity index (χ2n) is 4.11. The molecule has 0 bridgehead atoms. The number of carboxylic acids is 1. The molecule has 2 rings (SSSR count). The van der Waals surface area contributed by atoms with Crippen molar-refractivity contribution in [1.29, 1.82) is 0 Å². The van der Waals surface area contributed by atoms with E-state index in [2.05, 4.69) is 0 Å². The molecule has 0 saturated carbocycles. The third-order valence-corrected chi connectivity index (χ3v) is 3.21. The molecule has 2 aromatic rings. The Morgan fingerprint density at radius 3 is 2.52 bits per heavy atom. The van der Waals surface area contributed by atoms with Crippen molar-refractivity contribution in [2.45, 2.75) is 0 Å². The number of methoxy groups -OCH3 is 1. The molecule has 21 heavy (non-hydrogen) atoms. The van der Waals surface area contributed by atoms with Crippen molar-refractivity contribution >= 4 is 23.3 Å². The van der Waals surface area contributed by atoms with Crippen LogP contribution in [0.1, 0.15) is 10.4 Å². The molecule has 0 amide bonds. The summed E-state index contributed by atoms with van der Waals surface area (Å²) in [6.07, 6.45) is 0. The van der Waals surface area contributed by atoms with Crippen molar-refractivity contribution in [3.8, 4) is 16.9 Å². The first-order valence-electron chi connectivity index (χ1n) is 5.80. The molecule has 2 aromatic carbocycles. The van der Waals surface area contributed by atoms with Crippen molar-refractivity contribution in [2.24, 2.45) is 0 Å². The molecule has 0 aliphatic rings. The first-order valence-corrected chi connectivity index (χ1v) is 6.18. The Hall–Kier alpha value is -2.60. The molecule has 0 fully saturated rings. The smallest absolute Gasteiger partial charge is 0.336 e. The fourth-order valence-electron chi connectivity index (χ4n) is 1.97. The molecule has 1 N–H and O–H groups in total. The lowest BCUT2D eigenvalue weighted by atomic mass is 9.98. The summed E-state index contributed by atoms with van der Waals surface area (Å²) >= 11 is 5.87. The molecule has 0 saturated heterocycles. The SMILES string of the molecule is COc1ccccc1-c1cc(Cl)c([N+](=O)[O-])cc1C(=O)O. The summed E-state index contributed by atoms with van der Waals surface area (Å²) in [6, 6.07) is 8.97. The van der Waals surface area contributed by atoms with Gasteiger partial charge in [-0.25, -0.2) is 4.79 Å². The molecule has 0 unspecified atom stereocenters. The van der Waals surface area contributed by atoms with Gasteiger partial charge in [0.2, 0.25) is 0 Å². The van der Waals surface area contributed by atoms with Crippen LogP contribution in [-0.4, -0.2) is 23.1 Å². The lowest BCUT2D eigenvalue weighted by Crippen LogP contribution is -2.03. The lowest BCUT2D eigenvalue weighted by molar-refractivity contribution is -0.384. The number of carboxylic acid groups (broad SMARTS) is 1. The Bertz CT molecular complexity index is 729. The summed E-state index contributed by atoms with van der Waals surface area (Å²) in [4.78, 5) is 21.5. The van der Waals surface area contributed by atoms with Crippen molar-refractivity contribution in [1.82, 2.24) is 0 Å². The van der Waals surface area contributed by atoms with Crippen LogP contribution in [-0.2, 0) is 0 Å². The van der Waals surface area contributed by atoms with Gasteiger partial charge in [0, 0.05) is 17.2 Å². The maximum Gasteiger partial charge on any atom is 0.336 e. The fourth-order valence-corrected chi connectivity index (χ4v) is 2.20. The summed E-state index contributed by atoms with van der Waals surface area (Å²) in [5.41, 5.74) is 0.0908. The molecule has 0 heterocycles. The first-order chi connectivity index (χ1) is 9.95. The maximum absolute atomic E-state index is 11.4. The Kier molecular flexibility index (Phi) is 4.09.